The number of rotatable bonds is 2. The van der Waals surface area contributed by atoms with Crippen LogP contribution in [0.4, 0.5) is 0 Å². The minimum absolute atomic E-state index is 0. The Balaban J connectivity index is 0.000000462. The van der Waals surface area contributed by atoms with Crippen LogP contribution in [0.25, 0.3) is 21.0 Å². The molecule has 25 heavy (non-hydrogen) atoms. The van der Waals surface area contributed by atoms with Crippen LogP contribution >= 0.6 is 11.3 Å². The maximum absolute atomic E-state index is 12.0. The van der Waals surface area contributed by atoms with Crippen LogP contribution in [0.1, 0.15) is 4.88 Å². The van der Waals surface area contributed by atoms with Crippen LogP contribution in [0.5, 0.6) is 5.75 Å². The molecule has 0 bridgehead atoms. The van der Waals surface area contributed by atoms with E-state index in [1.54, 1.807) is 12.1 Å². The summed E-state index contributed by atoms with van der Waals surface area (Å²) in [5.41, 5.74) is -0.196. The van der Waals surface area contributed by atoms with Gasteiger partial charge in [0.1, 0.15) is 4.83 Å². The fraction of sp³-hybridized carbons (Fsp3) is 0.214. The third-order valence-corrected chi connectivity index (χ3v) is 4.06. The molecule has 2 aromatic heterocycles. The summed E-state index contributed by atoms with van der Waals surface area (Å²) in [4.78, 5) is 18.8. The average molecular weight is 410 g/mol. The van der Waals surface area contributed by atoms with Crippen molar-refractivity contribution in [2.45, 2.75) is 6.54 Å². The van der Waals surface area contributed by atoms with Gasteiger partial charge < -0.3 is 19.5 Å². The molecule has 0 fully saturated rings. The number of nitrogens with zero attached hydrogens (tertiary/aromatic N) is 1. The van der Waals surface area contributed by atoms with E-state index in [1.807, 2.05) is 20.2 Å². The van der Waals surface area contributed by atoms with E-state index in [2.05, 4.69) is 9.88 Å². The van der Waals surface area contributed by atoms with Gasteiger partial charge in [-0.25, -0.2) is 8.42 Å². The number of fused-ring (bicyclic) bond motifs is 3. The molecule has 0 unspecified atom stereocenters. The zero-order chi connectivity index (χ0) is 18.1. The second-order valence-corrected chi connectivity index (χ2v) is 7.25. The molecule has 0 spiro atoms. The zero-order valence-electron chi connectivity index (χ0n) is 13.5. The largest absolute Gasteiger partial charge is 2.00 e. The van der Waals surface area contributed by atoms with Crippen LogP contribution in [-0.2, 0) is 16.9 Å². The van der Waals surface area contributed by atoms with Crippen molar-refractivity contribution >= 4 is 80.5 Å². The SMILES string of the molecule is CN(C)Cc1cc2c([nH]c(=O)c3cccc([O-])c32)s1.O=S(=O)([O-])O.[Ca+2]. The standard InChI is InChI=1S/C14H14N2O2S.Ca.H2O4S/c1-16(2)7-8-6-10-12-9(4-3-5-11(12)17)13(18)15-14(10)19-8;;1-5(2,3)4/h3-6,17H,7H2,1-2H3,(H,15,18);;(H2,1,2,3,4)/q;+2;/p-2. The first kappa shape index (κ1) is 22.3. The minimum atomic E-state index is -4.92. The van der Waals surface area contributed by atoms with Gasteiger partial charge in [0.15, 0.2) is 0 Å². The molecule has 2 heterocycles. The van der Waals surface area contributed by atoms with Gasteiger partial charge >= 0.3 is 37.7 Å². The summed E-state index contributed by atoms with van der Waals surface area (Å²) in [6, 6.07) is 6.82. The Hall–Kier alpha value is -0.720. The van der Waals surface area contributed by atoms with E-state index in [1.165, 1.54) is 17.4 Å². The van der Waals surface area contributed by atoms with E-state index in [0.29, 0.717) is 10.8 Å². The quantitative estimate of drug-likeness (QED) is 0.357. The molecule has 8 nitrogen and oxygen atoms in total. The van der Waals surface area contributed by atoms with Gasteiger partial charge in [-0.2, -0.15) is 0 Å². The summed E-state index contributed by atoms with van der Waals surface area (Å²) in [5.74, 6) is -0.0946. The number of thiophene rings is 1. The van der Waals surface area contributed by atoms with Gasteiger partial charge in [0.25, 0.3) is 5.56 Å². The summed E-state index contributed by atoms with van der Waals surface area (Å²) in [6.45, 7) is 0.796. The maximum Gasteiger partial charge on any atom is 2.00 e. The molecule has 0 aliphatic rings. The van der Waals surface area contributed by atoms with Crippen molar-refractivity contribution in [1.82, 2.24) is 9.88 Å². The molecule has 0 aliphatic heterocycles. The second-order valence-electron chi connectivity index (χ2n) is 5.25. The molecule has 130 valence electrons. The number of aromatic nitrogens is 1. The van der Waals surface area contributed by atoms with E-state index < -0.39 is 10.4 Å². The molecule has 0 saturated carbocycles. The Labute approximate surface area is 177 Å². The molecule has 0 radical (unpaired) electrons. The Kier molecular flexibility index (Phi) is 7.84. The van der Waals surface area contributed by atoms with Gasteiger partial charge in [-0.3, -0.25) is 9.35 Å². The monoisotopic (exact) mass is 410 g/mol. The topological polar surface area (TPSA) is 137 Å². The third-order valence-electron chi connectivity index (χ3n) is 3.02. The van der Waals surface area contributed by atoms with E-state index in [4.69, 9.17) is 17.5 Å². The molecule has 1 aromatic carbocycles. The predicted octanol–water partition coefficient (Wildman–Crippen LogP) is 0.502. The number of aromatic amines is 1. The summed E-state index contributed by atoms with van der Waals surface area (Å²) in [5, 5.41) is 13.9. The molecular weight excluding hydrogens is 396 g/mol. The first-order valence-electron chi connectivity index (χ1n) is 6.63. The van der Waals surface area contributed by atoms with Crippen LogP contribution in [0.15, 0.2) is 29.1 Å². The molecule has 0 aliphatic carbocycles. The van der Waals surface area contributed by atoms with Gasteiger partial charge in [0.05, 0.1) is 0 Å². The molecular formula is C14H14CaN2O6S2. The smallest absolute Gasteiger partial charge is 0.872 e. The number of nitrogens with one attached hydrogen (secondary N) is 1. The second kappa shape index (κ2) is 8.78. The van der Waals surface area contributed by atoms with E-state index in [-0.39, 0.29) is 49.0 Å². The van der Waals surface area contributed by atoms with Crippen molar-refractivity contribution in [2.24, 2.45) is 0 Å². The Morgan fingerprint density at radius 2 is 1.88 bits per heavy atom. The fourth-order valence-electron chi connectivity index (χ4n) is 2.28. The summed E-state index contributed by atoms with van der Waals surface area (Å²) >= 11 is 1.53. The van der Waals surface area contributed by atoms with Crippen LogP contribution < -0.4 is 10.7 Å². The van der Waals surface area contributed by atoms with E-state index >= 15 is 0 Å². The van der Waals surface area contributed by atoms with E-state index in [9.17, 15) is 9.90 Å². The summed E-state index contributed by atoms with van der Waals surface area (Å²) in [7, 11) is -0.936. The van der Waals surface area contributed by atoms with Crippen LogP contribution in [-0.4, -0.2) is 79.2 Å². The van der Waals surface area contributed by atoms with Crippen LogP contribution in [0.3, 0.4) is 0 Å². The van der Waals surface area contributed by atoms with Crippen LogP contribution in [0.2, 0.25) is 0 Å². The van der Waals surface area contributed by atoms with Gasteiger partial charge in [0, 0.05) is 22.2 Å². The first-order valence-corrected chi connectivity index (χ1v) is 8.82. The number of hydrogen-bond donors (Lipinski definition) is 2. The van der Waals surface area contributed by atoms with E-state index in [0.717, 1.165) is 21.6 Å². The molecule has 11 heteroatoms. The number of H-pyrrole nitrogens is 1. The molecule has 0 amide bonds. The number of benzene rings is 1. The van der Waals surface area contributed by atoms with Crippen molar-refractivity contribution < 1.29 is 22.6 Å². The van der Waals surface area contributed by atoms with Crippen molar-refractivity contribution in [1.29, 1.82) is 0 Å². The zero-order valence-corrected chi connectivity index (χ0v) is 17.3. The van der Waals surface area contributed by atoms with Crippen molar-refractivity contribution in [3.63, 3.8) is 0 Å². The first-order chi connectivity index (χ1) is 11.1. The van der Waals surface area contributed by atoms with Crippen molar-refractivity contribution in [3.8, 4) is 5.75 Å². The van der Waals surface area contributed by atoms with Crippen LogP contribution in [0, 0.1) is 0 Å². The molecule has 0 saturated heterocycles. The third kappa shape index (κ3) is 6.19. The fourth-order valence-corrected chi connectivity index (χ4v) is 3.46. The summed E-state index contributed by atoms with van der Waals surface area (Å²) < 4.78 is 32.8. The predicted molar refractivity (Wildman–Crippen MR) is 94.9 cm³/mol. The normalized spacial score (nSPS) is 11.2. The van der Waals surface area contributed by atoms with Crippen molar-refractivity contribution in [2.75, 3.05) is 14.1 Å². The minimum Gasteiger partial charge on any atom is -0.872 e. The molecule has 3 rings (SSSR count). The Morgan fingerprint density at radius 3 is 2.44 bits per heavy atom. The Bertz CT molecular complexity index is 1030. The van der Waals surface area contributed by atoms with Gasteiger partial charge in [-0.05, 0) is 31.6 Å². The van der Waals surface area contributed by atoms with Gasteiger partial charge in [0.2, 0.25) is 10.4 Å². The molecule has 2 N–H and O–H groups in total. The van der Waals surface area contributed by atoms with Gasteiger partial charge in [-0.1, -0.05) is 12.1 Å². The number of pyridine rings is 1. The average Bonchev–Trinajstić information content (AvgIpc) is 2.78. The molecule has 0 atom stereocenters. The summed E-state index contributed by atoms with van der Waals surface area (Å²) in [6.07, 6.45) is 0. The molecule has 3 aromatic rings. The maximum atomic E-state index is 12.0. The number of hydrogen-bond acceptors (Lipinski definition) is 7. The van der Waals surface area contributed by atoms with Crippen molar-refractivity contribution in [3.05, 3.63) is 39.5 Å². The Morgan fingerprint density at radius 1 is 1.28 bits per heavy atom. The van der Waals surface area contributed by atoms with Gasteiger partial charge in [-0.15, -0.1) is 17.1 Å².